The highest BCUT2D eigenvalue weighted by Gasteiger charge is 2.32. The molecular formula is C19H20ClN3O3. The first-order valence-electron chi connectivity index (χ1n) is 8.45. The van der Waals surface area contributed by atoms with Crippen molar-refractivity contribution in [3.63, 3.8) is 0 Å². The molecule has 6 nitrogen and oxygen atoms in total. The molecule has 7 heteroatoms. The number of carbonyl (C=O) groups is 2. The third-order valence-corrected chi connectivity index (χ3v) is 4.25. The van der Waals surface area contributed by atoms with E-state index in [0.29, 0.717) is 22.8 Å². The van der Waals surface area contributed by atoms with Crippen LogP contribution in [0, 0.1) is 0 Å². The minimum absolute atomic E-state index is 0.202. The molecular weight excluding hydrogens is 354 g/mol. The molecule has 0 aromatic heterocycles. The molecule has 1 aliphatic heterocycles. The summed E-state index contributed by atoms with van der Waals surface area (Å²) in [6.07, 6.45) is 1.26. The quantitative estimate of drug-likeness (QED) is 0.813. The molecule has 136 valence electrons. The summed E-state index contributed by atoms with van der Waals surface area (Å²) in [6.45, 7) is 1.82. The van der Waals surface area contributed by atoms with Gasteiger partial charge in [-0.25, -0.2) is 5.01 Å². The van der Waals surface area contributed by atoms with E-state index in [2.05, 4.69) is 10.7 Å². The number of hydrogen-bond acceptors (Lipinski definition) is 4. The van der Waals surface area contributed by atoms with Gasteiger partial charge in [0.25, 0.3) is 11.8 Å². The predicted octanol–water partition coefficient (Wildman–Crippen LogP) is 3.44. The Balaban J connectivity index is 1.67. The summed E-state index contributed by atoms with van der Waals surface area (Å²) in [6, 6.07) is 14.0. The number of carbonyl (C=O) groups excluding carboxylic acids is 2. The van der Waals surface area contributed by atoms with Crippen LogP contribution in [0.4, 0.5) is 5.69 Å². The van der Waals surface area contributed by atoms with E-state index >= 15 is 0 Å². The Hall–Kier alpha value is -2.73. The van der Waals surface area contributed by atoms with Crippen LogP contribution in [0.15, 0.2) is 48.5 Å². The van der Waals surface area contributed by atoms with Crippen LogP contribution in [0.5, 0.6) is 5.75 Å². The number of hydrazine groups is 1. The molecule has 0 spiro atoms. The fraction of sp³-hybridized carbons (Fsp3) is 0.263. The van der Waals surface area contributed by atoms with Crippen LogP contribution in [0.2, 0.25) is 5.02 Å². The summed E-state index contributed by atoms with van der Waals surface area (Å²) < 4.78 is 5.44. The first kappa shape index (κ1) is 18.1. The van der Waals surface area contributed by atoms with E-state index in [1.165, 1.54) is 5.01 Å². The van der Waals surface area contributed by atoms with Gasteiger partial charge in [0.1, 0.15) is 11.9 Å². The zero-order valence-corrected chi connectivity index (χ0v) is 15.1. The number of halogens is 1. The molecule has 1 atom stereocenters. The molecule has 3 rings (SSSR count). The molecule has 26 heavy (non-hydrogen) atoms. The molecule has 0 aliphatic carbocycles. The third kappa shape index (κ3) is 4.08. The predicted molar refractivity (Wildman–Crippen MR) is 100 cm³/mol. The monoisotopic (exact) mass is 373 g/mol. The van der Waals surface area contributed by atoms with Crippen molar-refractivity contribution in [2.45, 2.75) is 25.9 Å². The number of nitrogens with one attached hydrogen (secondary N) is 2. The molecule has 2 amide bonds. The first-order chi connectivity index (χ1) is 12.6. The Bertz CT molecular complexity index is 795. The van der Waals surface area contributed by atoms with Gasteiger partial charge in [0, 0.05) is 10.7 Å². The number of benzene rings is 2. The normalized spacial score (nSPS) is 15.8. The van der Waals surface area contributed by atoms with E-state index in [0.717, 1.165) is 12.1 Å². The van der Waals surface area contributed by atoms with Crippen LogP contribution < -0.4 is 15.5 Å². The number of fused-ring (bicyclic) bond motifs is 1. The van der Waals surface area contributed by atoms with E-state index in [-0.39, 0.29) is 18.7 Å². The molecule has 0 saturated carbocycles. The van der Waals surface area contributed by atoms with Crippen LogP contribution in [-0.2, 0) is 4.79 Å². The van der Waals surface area contributed by atoms with Gasteiger partial charge in [-0.15, -0.1) is 0 Å². The van der Waals surface area contributed by atoms with Crippen LogP contribution >= 0.6 is 11.6 Å². The number of anilines is 1. The summed E-state index contributed by atoms with van der Waals surface area (Å²) in [4.78, 5) is 25.0. The summed E-state index contributed by atoms with van der Waals surface area (Å²) in [5.74, 6) is -0.115. The van der Waals surface area contributed by atoms with Gasteiger partial charge in [0.2, 0.25) is 0 Å². The highest BCUT2D eigenvalue weighted by atomic mass is 35.5. The molecule has 1 unspecified atom stereocenters. The maximum atomic E-state index is 12.8. The highest BCUT2D eigenvalue weighted by Crippen LogP contribution is 2.25. The number of ether oxygens (including phenoxy) is 1. The molecule has 0 bridgehead atoms. The second-order valence-corrected chi connectivity index (χ2v) is 6.38. The van der Waals surface area contributed by atoms with Crippen molar-refractivity contribution in [3.8, 4) is 5.75 Å². The van der Waals surface area contributed by atoms with Gasteiger partial charge < -0.3 is 10.1 Å². The van der Waals surface area contributed by atoms with Crippen molar-refractivity contribution in [1.82, 2.24) is 10.4 Å². The average molecular weight is 374 g/mol. The van der Waals surface area contributed by atoms with Gasteiger partial charge in [-0.3, -0.25) is 15.0 Å². The van der Waals surface area contributed by atoms with Crippen molar-refractivity contribution in [1.29, 1.82) is 0 Å². The SMILES string of the molecule is CCCC1Nc2ccccc2C(=O)N1NC(=O)COc1ccc(Cl)cc1. The van der Waals surface area contributed by atoms with Gasteiger partial charge >= 0.3 is 0 Å². The molecule has 2 aromatic rings. The van der Waals surface area contributed by atoms with Crippen LogP contribution in [0.25, 0.3) is 0 Å². The minimum Gasteiger partial charge on any atom is -0.484 e. The third-order valence-electron chi connectivity index (χ3n) is 4.00. The maximum Gasteiger partial charge on any atom is 0.276 e. The molecule has 0 fully saturated rings. The molecule has 0 radical (unpaired) electrons. The second kappa shape index (κ2) is 8.10. The number of rotatable bonds is 6. The Morgan fingerprint density at radius 3 is 2.69 bits per heavy atom. The first-order valence-corrected chi connectivity index (χ1v) is 8.83. The fourth-order valence-electron chi connectivity index (χ4n) is 2.76. The lowest BCUT2D eigenvalue weighted by molar-refractivity contribution is -0.127. The van der Waals surface area contributed by atoms with Gasteiger partial charge in [-0.1, -0.05) is 37.1 Å². The average Bonchev–Trinajstić information content (AvgIpc) is 2.65. The Kier molecular flexibility index (Phi) is 5.63. The smallest absolute Gasteiger partial charge is 0.276 e. The van der Waals surface area contributed by atoms with Gasteiger partial charge in [0.05, 0.1) is 5.56 Å². The van der Waals surface area contributed by atoms with Crippen LogP contribution in [0.3, 0.4) is 0 Å². The zero-order valence-electron chi connectivity index (χ0n) is 14.4. The molecule has 0 saturated heterocycles. The Morgan fingerprint density at radius 1 is 1.23 bits per heavy atom. The largest absolute Gasteiger partial charge is 0.484 e. The topological polar surface area (TPSA) is 70.7 Å². The number of para-hydroxylation sites is 1. The Labute approximate surface area is 157 Å². The minimum atomic E-state index is -0.407. The summed E-state index contributed by atoms with van der Waals surface area (Å²) in [5.41, 5.74) is 3.96. The Morgan fingerprint density at radius 2 is 1.96 bits per heavy atom. The van der Waals surface area contributed by atoms with E-state index in [1.807, 2.05) is 19.1 Å². The van der Waals surface area contributed by atoms with Crippen molar-refractivity contribution in [3.05, 3.63) is 59.1 Å². The van der Waals surface area contributed by atoms with E-state index in [9.17, 15) is 9.59 Å². The van der Waals surface area contributed by atoms with Gasteiger partial charge in [0.15, 0.2) is 6.61 Å². The van der Waals surface area contributed by atoms with E-state index in [4.69, 9.17) is 16.3 Å². The summed E-state index contributed by atoms with van der Waals surface area (Å²) in [7, 11) is 0. The van der Waals surface area contributed by atoms with E-state index in [1.54, 1.807) is 36.4 Å². The van der Waals surface area contributed by atoms with Crippen molar-refractivity contribution in [2.24, 2.45) is 0 Å². The summed E-state index contributed by atoms with van der Waals surface area (Å²) in [5, 5.41) is 5.24. The standard InChI is InChI=1S/C19H20ClN3O3/c1-2-5-17-21-16-7-4-3-6-15(16)19(25)23(17)22-18(24)12-26-14-10-8-13(20)9-11-14/h3-4,6-11,17,21H,2,5,12H2,1H3,(H,22,24). The highest BCUT2D eigenvalue weighted by molar-refractivity contribution is 6.30. The zero-order chi connectivity index (χ0) is 18.5. The number of nitrogens with zero attached hydrogens (tertiary/aromatic N) is 1. The van der Waals surface area contributed by atoms with Gasteiger partial charge in [-0.2, -0.15) is 0 Å². The van der Waals surface area contributed by atoms with E-state index < -0.39 is 5.91 Å². The lowest BCUT2D eigenvalue weighted by Gasteiger charge is -2.37. The molecule has 2 aromatic carbocycles. The lowest BCUT2D eigenvalue weighted by atomic mass is 10.1. The second-order valence-electron chi connectivity index (χ2n) is 5.95. The number of amides is 2. The number of hydrogen-bond donors (Lipinski definition) is 2. The lowest BCUT2D eigenvalue weighted by Crippen LogP contribution is -2.58. The maximum absolute atomic E-state index is 12.8. The van der Waals surface area contributed by atoms with Crippen molar-refractivity contribution in [2.75, 3.05) is 11.9 Å². The molecule has 1 aliphatic rings. The van der Waals surface area contributed by atoms with Crippen LogP contribution in [0.1, 0.15) is 30.1 Å². The van der Waals surface area contributed by atoms with Crippen LogP contribution in [-0.4, -0.2) is 29.6 Å². The van der Waals surface area contributed by atoms with Crippen molar-refractivity contribution < 1.29 is 14.3 Å². The molecule has 1 heterocycles. The molecule has 2 N–H and O–H groups in total. The van der Waals surface area contributed by atoms with Gasteiger partial charge in [-0.05, 0) is 42.8 Å². The fourth-order valence-corrected chi connectivity index (χ4v) is 2.89. The summed E-state index contributed by atoms with van der Waals surface area (Å²) >= 11 is 5.82. The van der Waals surface area contributed by atoms with Crippen molar-refractivity contribution >= 4 is 29.1 Å².